The van der Waals surface area contributed by atoms with Gasteiger partial charge < -0.3 is 4.42 Å². The lowest BCUT2D eigenvalue weighted by molar-refractivity contribution is 0.553. The lowest BCUT2D eigenvalue weighted by atomic mass is 10.3. The van der Waals surface area contributed by atoms with E-state index in [2.05, 4.69) is 23.4 Å². The predicted molar refractivity (Wildman–Crippen MR) is 51.7 cm³/mol. The van der Waals surface area contributed by atoms with Crippen molar-refractivity contribution in [3.8, 4) is 0 Å². The summed E-state index contributed by atoms with van der Waals surface area (Å²) in [4.78, 5) is 0. The van der Waals surface area contributed by atoms with Crippen LogP contribution in [0.5, 0.6) is 0 Å². The van der Waals surface area contributed by atoms with Gasteiger partial charge in [-0.2, -0.15) is 8.75 Å². The second-order valence-electron chi connectivity index (χ2n) is 2.33. The van der Waals surface area contributed by atoms with Gasteiger partial charge >= 0.3 is 0 Å². The molecule has 0 amide bonds. The summed E-state index contributed by atoms with van der Waals surface area (Å²) in [6, 6.07) is 7.84. The zero-order valence-electron chi connectivity index (χ0n) is 7.07. The predicted octanol–water partition coefficient (Wildman–Crippen LogP) is 1.76. The first kappa shape index (κ1) is 8.76. The van der Waals surface area contributed by atoms with Crippen LogP contribution in [0.2, 0.25) is 0 Å². The van der Waals surface area contributed by atoms with E-state index in [9.17, 15) is 0 Å². The molecule has 3 rings (SSSR count). The summed E-state index contributed by atoms with van der Waals surface area (Å²) in [5, 5.41) is 6.61. The van der Waals surface area contributed by atoms with Gasteiger partial charge in [0.25, 0.3) is 0 Å². The summed E-state index contributed by atoms with van der Waals surface area (Å²) in [5.41, 5.74) is 1.98. The molecule has 0 aliphatic heterocycles. The van der Waals surface area contributed by atoms with Crippen LogP contribution in [-0.2, 0) is 0 Å². The highest BCUT2D eigenvalue weighted by molar-refractivity contribution is 7.00. The molecule has 6 heteroatoms. The summed E-state index contributed by atoms with van der Waals surface area (Å²) in [7, 11) is 0. The quantitative estimate of drug-likeness (QED) is 0.560. The molecule has 0 bridgehead atoms. The molecular formula is C8H6N4OS. The molecule has 0 unspecified atom stereocenters. The van der Waals surface area contributed by atoms with Crippen molar-refractivity contribution in [3.05, 3.63) is 37.1 Å². The van der Waals surface area contributed by atoms with Crippen molar-refractivity contribution in [1.82, 2.24) is 18.9 Å². The van der Waals surface area contributed by atoms with Gasteiger partial charge in [-0.25, -0.2) is 0 Å². The third kappa shape index (κ3) is 2.11. The van der Waals surface area contributed by atoms with E-state index in [1.165, 1.54) is 24.5 Å². The van der Waals surface area contributed by atoms with Crippen LogP contribution in [-0.4, -0.2) is 18.9 Å². The molecular weight excluding hydrogens is 200 g/mol. The van der Waals surface area contributed by atoms with E-state index in [4.69, 9.17) is 0 Å². The van der Waals surface area contributed by atoms with E-state index in [1.54, 1.807) is 0 Å². The van der Waals surface area contributed by atoms with Crippen molar-refractivity contribution in [2.75, 3.05) is 0 Å². The largest absolute Gasteiger partial charge is 0.431 e. The lowest BCUT2D eigenvalue weighted by Gasteiger charge is -1.78. The maximum absolute atomic E-state index is 4.36. The molecule has 0 saturated carbocycles. The fourth-order valence-electron chi connectivity index (χ4n) is 0.863. The molecule has 2 heterocycles. The first-order valence-electron chi connectivity index (χ1n) is 3.83. The average molecular weight is 206 g/mol. The van der Waals surface area contributed by atoms with Gasteiger partial charge in [0.15, 0.2) is 0 Å². The Morgan fingerprint density at radius 2 is 1.50 bits per heavy atom. The Bertz CT molecular complexity index is 431. The van der Waals surface area contributed by atoms with Gasteiger partial charge in [-0.1, -0.05) is 12.1 Å². The second-order valence-corrected chi connectivity index (χ2v) is 2.86. The van der Waals surface area contributed by atoms with Gasteiger partial charge in [0, 0.05) is 0 Å². The summed E-state index contributed by atoms with van der Waals surface area (Å²) < 4.78 is 12.5. The number of benzene rings is 1. The van der Waals surface area contributed by atoms with Crippen molar-refractivity contribution in [3.63, 3.8) is 0 Å². The molecule has 2 aromatic heterocycles. The zero-order chi connectivity index (χ0) is 9.64. The minimum Gasteiger partial charge on any atom is -0.431 e. The van der Waals surface area contributed by atoms with Crippen LogP contribution in [0.25, 0.3) is 11.0 Å². The highest BCUT2D eigenvalue weighted by atomic mass is 32.1. The van der Waals surface area contributed by atoms with Gasteiger partial charge in [-0.05, 0) is 12.1 Å². The minimum atomic E-state index is 0.988. The molecule has 3 aromatic rings. The van der Waals surface area contributed by atoms with Crippen molar-refractivity contribution in [2.45, 2.75) is 0 Å². The van der Waals surface area contributed by atoms with Crippen molar-refractivity contribution in [1.29, 1.82) is 0 Å². The maximum Gasteiger partial charge on any atom is 0.203 e. The Morgan fingerprint density at radius 1 is 0.929 bits per heavy atom. The highest BCUT2D eigenvalue weighted by Crippen LogP contribution is 2.08. The Balaban J connectivity index is 0.000000128. The molecule has 5 nitrogen and oxygen atoms in total. The molecule has 0 N–H and O–H groups in total. The van der Waals surface area contributed by atoms with Gasteiger partial charge in [0.1, 0.15) is 11.0 Å². The molecule has 1 aromatic carbocycles. The fraction of sp³-hybridized carbons (Fsp3) is 0. The number of fused-ring (bicyclic) bond motifs is 1. The standard InChI is InChI=1S/C6H4N2S.C2H2N2O/c1-2-4-6-5(3-1)7-9-8-6;1-3-4-2-5-1/h1-4H;1-2H. The Morgan fingerprint density at radius 3 is 1.93 bits per heavy atom. The van der Waals surface area contributed by atoms with Gasteiger partial charge in [0.2, 0.25) is 12.8 Å². The Hall–Kier alpha value is -1.82. The number of aromatic nitrogens is 4. The molecule has 0 radical (unpaired) electrons. The zero-order valence-corrected chi connectivity index (χ0v) is 7.89. The van der Waals surface area contributed by atoms with E-state index in [0.717, 1.165) is 11.0 Å². The summed E-state index contributed by atoms with van der Waals surface area (Å²) in [5.74, 6) is 0. The van der Waals surface area contributed by atoms with Gasteiger partial charge in [-0.15, -0.1) is 10.2 Å². The van der Waals surface area contributed by atoms with Crippen LogP contribution < -0.4 is 0 Å². The van der Waals surface area contributed by atoms with E-state index >= 15 is 0 Å². The molecule has 0 fully saturated rings. The Kier molecular flexibility index (Phi) is 2.77. The average Bonchev–Trinajstić information content (AvgIpc) is 2.92. The fourth-order valence-corrected chi connectivity index (χ4v) is 1.39. The van der Waals surface area contributed by atoms with E-state index < -0.39 is 0 Å². The summed E-state index contributed by atoms with van der Waals surface area (Å²) >= 11 is 1.25. The van der Waals surface area contributed by atoms with E-state index in [1.807, 2.05) is 24.3 Å². The van der Waals surface area contributed by atoms with Gasteiger partial charge in [-0.3, -0.25) is 0 Å². The third-order valence-electron chi connectivity index (χ3n) is 1.44. The molecule has 0 saturated heterocycles. The van der Waals surface area contributed by atoms with Crippen molar-refractivity contribution in [2.24, 2.45) is 0 Å². The molecule has 14 heavy (non-hydrogen) atoms. The number of hydrogen-bond donors (Lipinski definition) is 0. The summed E-state index contributed by atoms with van der Waals surface area (Å²) in [6.45, 7) is 0. The molecule has 0 aliphatic rings. The molecule has 0 spiro atoms. The molecule has 70 valence electrons. The normalized spacial score (nSPS) is 9.43. The van der Waals surface area contributed by atoms with Gasteiger partial charge in [0.05, 0.1) is 11.7 Å². The van der Waals surface area contributed by atoms with E-state index in [0.29, 0.717) is 0 Å². The van der Waals surface area contributed by atoms with Crippen LogP contribution in [0.4, 0.5) is 0 Å². The van der Waals surface area contributed by atoms with Crippen LogP contribution >= 0.6 is 11.7 Å². The first-order valence-corrected chi connectivity index (χ1v) is 4.56. The first-order chi connectivity index (χ1) is 6.97. The third-order valence-corrected chi connectivity index (χ3v) is 2.00. The summed E-state index contributed by atoms with van der Waals surface area (Å²) in [6.07, 6.45) is 2.53. The van der Waals surface area contributed by atoms with Crippen molar-refractivity contribution < 1.29 is 4.42 Å². The van der Waals surface area contributed by atoms with E-state index in [-0.39, 0.29) is 0 Å². The van der Waals surface area contributed by atoms with Crippen LogP contribution in [0.15, 0.2) is 41.5 Å². The highest BCUT2D eigenvalue weighted by Gasteiger charge is 1.91. The second kappa shape index (κ2) is 4.43. The number of hydrogen-bond acceptors (Lipinski definition) is 6. The van der Waals surface area contributed by atoms with Crippen LogP contribution in [0, 0.1) is 0 Å². The number of rotatable bonds is 0. The van der Waals surface area contributed by atoms with Crippen LogP contribution in [0.3, 0.4) is 0 Å². The SMILES string of the molecule is c1ccc2nsnc2c1.c1nnco1. The Labute approximate surface area is 83.7 Å². The number of nitrogens with zero attached hydrogens (tertiary/aromatic N) is 4. The molecule has 0 aliphatic carbocycles. The topological polar surface area (TPSA) is 64.7 Å². The lowest BCUT2D eigenvalue weighted by Crippen LogP contribution is -1.63. The smallest absolute Gasteiger partial charge is 0.203 e. The van der Waals surface area contributed by atoms with Crippen molar-refractivity contribution >= 4 is 22.8 Å². The monoisotopic (exact) mass is 206 g/mol. The minimum absolute atomic E-state index is 0.988. The van der Waals surface area contributed by atoms with Crippen LogP contribution in [0.1, 0.15) is 0 Å². The maximum atomic E-state index is 4.36. The molecule has 0 atom stereocenters.